The standard InChI is InChI=1S/C32H28N2O5/c1-21-18-24(12-13-26(21)39-20-23-8-4-3-5-9-23)30(35)28-29(25-10-6-7-11-27(25)38-2)34(32(37)31(28)36)19-22-14-16-33-17-15-22/h3-18,29,35H,19-20H2,1-2H3/b30-28+. The van der Waals surface area contributed by atoms with E-state index in [9.17, 15) is 14.7 Å². The molecule has 1 aliphatic heterocycles. The van der Waals surface area contributed by atoms with Crippen LogP contribution in [0.2, 0.25) is 0 Å². The van der Waals surface area contributed by atoms with Crippen molar-refractivity contribution in [3.8, 4) is 11.5 Å². The first-order chi connectivity index (χ1) is 19.0. The van der Waals surface area contributed by atoms with Crippen LogP contribution >= 0.6 is 0 Å². The molecule has 7 heteroatoms. The molecule has 3 aromatic carbocycles. The molecule has 1 N–H and O–H groups in total. The molecule has 1 saturated heterocycles. The van der Waals surface area contributed by atoms with Crippen LogP contribution in [-0.4, -0.2) is 33.8 Å². The number of benzene rings is 3. The summed E-state index contributed by atoms with van der Waals surface area (Å²) in [5.41, 5.74) is 3.67. The predicted molar refractivity (Wildman–Crippen MR) is 147 cm³/mol. The molecular formula is C32H28N2O5. The number of Topliss-reactive ketones (excluding diaryl/α,β-unsaturated/α-hetero) is 1. The SMILES string of the molecule is COc1ccccc1C1/C(=C(\O)c2ccc(OCc3ccccc3)c(C)c2)C(=O)C(=O)N1Cc1ccncc1. The van der Waals surface area contributed by atoms with Crippen LogP contribution in [0.4, 0.5) is 0 Å². The number of ketones is 1. The van der Waals surface area contributed by atoms with Crippen molar-refractivity contribution in [3.63, 3.8) is 0 Å². The Balaban J connectivity index is 1.54. The fraction of sp³-hybridized carbons (Fsp3) is 0.156. The van der Waals surface area contributed by atoms with E-state index in [1.54, 1.807) is 54.9 Å². The summed E-state index contributed by atoms with van der Waals surface area (Å²) in [5.74, 6) is -0.520. The van der Waals surface area contributed by atoms with E-state index in [0.717, 1.165) is 16.7 Å². The van der Waals surface area contributed by atoms with Crippen LogP contribution in [0.15, 0.2) is 103 Å². The third-order valence-electron chi connectivity index (χ3n) is 6.76. The number of carbonyl (C=O) groups is 2. The second-order valence-electron chi connectivity index (χ2n) is 9.28. The minimum absolute atomic E-state index is 0.0101. The van der Waals surface area contributed by atoms with Crippen LogP contribution < -0.4 is 9.47 Å². The molecule has 1 aromatic heterocycles. The average molecular weight is 521 g/mol. The minimum Gasteiger partial charge on any atom is -0.507 e. The van der Waals surface area contributed by atoms with Crippen molar-refractivity contribution in [3.05, 3.63) is 131 Å². The lowest BCUT2D eigenvalue weighted by Gasteiger charge is -2.26. The Hall–Kier alpha value is -4.91. The van der Waals surface area contributed by atoms with Gasteiger partial charge in [0.25, 0.3) is 11.7 Å². The number of aliphatic hydroxyl groups excluding tert-OH is 1. The van der Waals surface area contributed by atoms with Gasteiger partial charge in [-0.1, -0.05) is 48.5 Å². The van der Waals surface area contributed by atoms with E-state index in [2.05, 4.69) is 4.98 Å². The van der Waals surface area contributed by atoms with E-state index in [4.69, 9.17) is 9.47 Å². The number of amides is 1. The third-order valence-corrected chi connectivity index (χ3v) is 6.76. The van der Waals surface area contributed by atoms with Gasteiger partial charge in [0, 0.05) is 30.1 Å². The summed E-state index contributed by atoms with van der Waals surface area (Å²) in [5, 5.41) is 11.5. The van der Waals surface area contributed by atoms with Crippen molar-refractivity contribution in [1.29, 1.82) is 0 Å². The number of carbonyl (C=O) groups excluding carboxylic acids is 2. The van der Waals surface area contributed by atoms with Gasteiger partial charge in [0.1, 0.15) is 23.9 Å². The summed E-state index contributed by atoms with van der Waals surface area (Å²) in [6.07, 6.45) is 3.27. The number of hydrogen-bond donors (Lipinski definition) is 1. The van der Waals surface area contributed by atoms with Crippen LogP contribution in [-0.2, 0) is 22.7 Å². The van der Waals surface area contributed by atoms with Crippen LogP contribution in [0.1, 0.15) is 33.9 Å². The highest BCUT2D eigenvalue weighted by Crippen LogP contribution is 2.43. The van der Waals surface area contributed by atoms with Gasteiger partial charge < -0.3 is 19.5 Å². The number of methoxy groups -OCH3 is 1. The summed E-state index contributed by atoms with van der Waals surface area (Å²) >= 11 is 0. The normalized spacial score (nSPS) is 16.4. The Morgan fingerprint density at radius 2 is 1.62 bits per heavy atom. The summed E-state index contributed by atoms with van der Waals surface area (Å²) in [6.45, 7) is 2.44. The van der Waals surface area contributed by atoms with E-state index in [1.165, 1.54) is 12.0 Å². The summed E-state index contributed by atoms with van der Waals surface area (Å²) in [7, 11) is 1.53. The maximum Gasteiger partial charge on any atom is 0.295 e. The zero-order chi connectivity index (χ0) is 27.4. The predicted octanol–water partition coefficient (Wildman–Crippen LogP) is 5.60. The van der Waals surface area contributed by atoms with Crippen molar-refractivity contribution in [2.75, 3.05) is 7.11 Å². The molecule has 0 saturated carbocycles. The first-order valence-electron chi connectivity index (χ1n) is 12.6. The van der Waals surface area contributed by atoms with Gasteiger partial charge in [0.05, 0.1) is 18.7 Å². The van der Waals surface area contributed by atoms with Crippen molar-refractivity contribution in [2.45, 2.75) is 26.1 Å². The number of hydrogen-bond acceptors (Lipinski definition) is 6. The molecule has 7 nitrogen and oxygen atoms in total. The van der Waals surface area contributed by atoms with Gasteiger partial charge in [0.15, 0.2) is 0 Å². The van der Waals surface area contributed by atoms with Crippen LogP contribution in [0, 0.1) is 6.92 Å². The molecule has 1 aliphatic rings. The van der Waals surface area contributed by atoms with E-state index in [1.807, 2.05) is 49.4 Å². The van der Waals surface area contributed by atoms with E-state index >= 15 is 0 Å². The van der Waals surface area contributed by atoms with Crippen molar-refractivity contribution >= 4 is 17.4 Å². The first-order valence-corrected chi connectivity index (χ1v) is 12.6. The molecule has 0 bridgehead atoms. The number of nitrogens with zero attached hydrogens (tertiary/aromatic N) is 2. The van der Waals surface area contributed by atoms with Gasteiger partial charge in [-0.05, 0) is 60.0 Å². The van der Waals surface area contributed by atoms with Crippen molar-refractivity contribution < 1.29 is 24.2 Å². The molecule has 0 radical (unpaired) electrons. The van der Waals surface area contributed by atoms with E-state index in [0.29, 0.717) is 29.2 Å². The fourth-order valence-corrected chi connectivity index (χ4v) is 4.79. The second kappa shape index (κ2) is 11.2. The number of likely N-dealkylation sites (tertiary alicyclic amines) is 1. The zero-order valence-electron chi connectivity index (χ0n) is 21.7. The second-order valence-corrected chi connectivity index (χ2v) is 9.28. The Bertz CT molecular complexity index is 1530. The molecule has 0 spiro atoms. The Morgan fingerprint density at radius 3 is 2.33 bits per heavy atom. The molecular weight excluding hydrogens is 492 g/mol. The summed E-state index contributed by atoms with van der Waals surface area (Å²) < 4.78 is 11.6. The van der Waals surface area contributed by atoms with Gasteiger partial charge in [-0.2, -0.15) is 0 Å². The molecule has 1 fully saturated rings. The molecule has 2 heterocycles. The van der Waals surface area contributed by atoms with Gasteiger partial charge in [-0.15, -0.1) is 0 Å². The molecule has 1 amide bonds. The Morgan fingerprint density at radius 1 is 0.897 bits per heavy atom. The zero-order valence-corrected chi connectivity index (χ0v) is 21.7. The Kier molecular flexibility index (Phi) is 7.41. The van der Waals surface area contributed by atoms with Crippen LogP contribution in [0.5, 0.6) is 11.5 Å². The fourth-order valence-electron chi connectivity index (χ4n) is 4.79. The number of aliphatic hydroxyl groups is 1. The number of ether oxygens (including phenoxy) is 2. The molecule has 5 rings (SSSR count). The van der Waals surface area contributed by atoms with Crippen molar-refractivity contribution in [1.82, 2.24) is 9.88 Å². The highest BCUT2D eigenvalue weighted by molar-refractivity contribution is 6.46. The van der Waals surface area contributed by atoms with E-state index in [-0.39, 0.29) is 17.9 Å². The summed E-state index contributed by atoms with van der Waals surface area (Å²) in [6, 6.07) is 25.0. The number of pyridine rings is 1. The first kappa shape index (κ1) is 25.7. The molecule has 4 aromatic rings. The topological polar surface area (TPSA) is 89.0 Å². The summed E-state index contributed by atoms with van der Waals surface area (Å²) in [4.78, 5) is 32.3. The van der Waals surface area contributed by atoms with Crippen LogP contribution in [0.25, 0.3) is 5.76 Å². The molecule has 0 aliphatic carbocycles. The largest absolute Gasteiger partial charge is 0.507 e. The highest BCUT2D eigenvalue weighted by Gasteiger charge is 2.47. The lowest BCUT2D eigenvalue weighted by Crippen LogP contribution is -2.29. The van der Waals surface area contributed by atoms with Gasteiger partial charge in [-0.3, -0.25) is 14.6 Å². The Labute approximate surface area is 227 Å². The highest BCUT2D eigenvalue weighted by atomic mass is 16.5. The number of para-hydroxylation sites is 1. The number of rotatable bonds is 8. The van der Waals surface area contributed by atoms with Gasteiger partial charge in [-0.25, -0.2) is 0 Å². The van der Waals surface area contributed by atoms with Crippen molar-refractivity contribution in [2.24, 2.45) is 0 Å². The average Bonchev–Trinajstić information content (AvgIpc) is 3.22. The quantitative estimate of drug-likeness (QED) is 0.185. The van der Waals surface area contributed by atoms with E-state index < -0.39 is 17.7 Å². The molecule has 196 valence electrons. The minimum atomic E-state index is -0.844. The number of aryl methyl sites for hydroxylation is 1. The molecule has 39 heavy (non-hydrogen) atoms. The maximum atomic E-state index is 13.4. The third kappa shape index (κ3) is 5.25. The van der Waals surface area contributed by atoms with Gasteiger partial charge >= 0.3 is 0 Å². The molecule has 1 atom stereocenters. The monoisotopic (exact) mass is 520 g/mol. The van der Waals surface area contributed by atoms with Gasteiger partial charge in [0.2, 0.25) is 0 Å². The maximum absolute atomic E-state index is 13.4. The van der Waals surface area contributed by atoms with Crippen LogP contribution in [0.3, 0.4) is 0 Å². The lowest BCUT2D eigenvalue weighted by molar-refractivity contribution is -0.140. The number of aromatic nitrogens is 1. The molecule has 1 unspecified atom stereocenters. The smallest absolute Gasteiger partial charge is 0.295 e. The lowest BCUT2D eigenvalue weighted by atomic mass is 9.94.